The molecule has 29 heavy (non-hydrogen) atoms. The van der Waals surface area contributed by atoms with Crippen LogP contribution in [0.3, 0.4) is 0 Å². The second-order valence-electron chi connectivity index (χ2n) is 4.93. The van der Waals surface area contributed by atoms with Gasteiger partial charge in [-0.2, -0.15) is 43.9 Å². The average molecular weight is 446 g/mol. The van der Waals surface area contributed by atoms with Gasteiger partial charge in [-0.15, -0.1) is 0 Å². The molecule has 0 bridgehead atoms. The van der Waals surface area contributed by atoms with Crippen LogP contribution in [-0.2, 0) is 9.59 Å². The van der Waals surface area contributed by atoms with E-state index in [0.717, 1.165) is 5.32 Å². The highest BCUT2D eigenvalue weighted by Crippen LogP contribution is 2.40. The lowest BCUT2D eigenvalue weighted by Crippen LogP contribution is -2.47. The number of carbonyl (C=O) groups is 2. The van der Waals surface area contributed by atoms with E-state index in [2.05, 4.69) is 4.74 Å². The second-order valence-corrected chi connectivity index (χ2v) is 4.93. The summed E-state index contributed by atoms with van der Waals surface area (Å²) in [6.45, 7) is 0. The summed E-state index contributed by atoms with van der Waals surface area (Å²) in [5, 5.41) is 11.3. The summed E-state index contributed by atoms with van der Waals surface area (Å²) < 4.78 is 128. The van der Waals surface area contributed by atoms with Crippen molar-refractivity contribution in [2.75, 3.05) is 5.32 Å². The smallest absolute Gasteiger partial charge is 0.420 e. The molecule has 0 aromatic heterocycles. The van der Waals surface area contributed by atoms with E-state index in [1.807, 2.05) is 0 Å². The quantitative estimate of drug-likeness (QED) is 0.244. The molecular formula is C12H4F10N2O5. The molecule has 0 aliphatic rings. The van der Waals surface area contributed by atoms with E-state index in [0.29, 0.717) is 6.07 Å². The van der Waals surface area contributed by atoms with Gasteiger partial charge in [0, 0.05) is 12.1 Å². The molecular weight excluding hydrogens is 442 g/mol. The summed E-state index contributed by atoms with van der Waals surface area (Å²) in [7, 11) is 0. The van der Waals surface area contributed by atoms with Crippen molar-refractivity contribution < 1.29 is 63.2 Å². The number of nitro groups is 1. The van der Waals surface area contributed by atoms with Gasteiger partial charge in [0.2, 0.25) is 0 Å². The lowest BCUT2D eigenvalue weighted by Gasteiger charge is -2.21. The van der Waals surface area contributed by atoms with Crippen LogP contribution in [0.1, 0.15) is 0 Å². The molecule has 1 aromatic carbocycles. The molecule has 1 N–H and O–H groups in total. The summed E-state index contributed by atoms with van der Waals surface area (Å²) in [6.07, 6.45) is -12.9. The number of nitrogens with zero attached hydrogens (tertiary/aromatic N) is 1. The second kappa shape index (κ2) is 7.36. The molecule has 1 aromatic rings. The number of nitro benzene ring substituents is 1. The molecule has 0 saturated carbocycles. The predicted molar refractivity (Wildman–Crippen MR) is 69.4 cm³/mol. The third-order valence-corrected chi connectivity index (χ3v) is 2.88. The van der Waals surface area contributed by atoms with Gasteiger partial charge in [0.1, 0.15) is 0 Å². The minimum atomic E-state index is -6.47. The maximum absolute atomic E-state index is 13.0. The number of halogens is 10. The minimum Gasteiger partial charge on any atom is -0.420 e. The molecule has 0 atom stereocenters. The Morgan fingerprint density at radius 3 is 1.79 bits per heavy atom. The van der Waals surface area contributed by atoms with Crippen LogP contribution < -0.4 is 10.1 Å². The van der Waals surface area contributed by atoms with Crippen LogP contribution in [0.4, 0.5) is 55.3 Å². The fourth-order valence-corrected chi connectivity index (χ4v) is 1.43. The van der Waals surface area contributed by atoms with Gasteiger partial charge in [0.25, 0.3) is 5.69 Å². The summed E-state index contributed by atoms with van der Waals surface area (Å²) >= 11 is 0. The number of hydrogen-bond donors (Lipinski definition) is 1. The molecule has 0 spiro atoms. The molecule has 0 aliphatic heterocycles. The lowest BCUT2D eigenvalue weighted by atomic mass is 10.2. The number of amides is 1. The van der Waals surface area contributed by atoms with E-state index >= 15 is 0 Å². The molecule has 162 valence electrons. The Bertz CT molecular complexity index is 833. The SMILES string of the molecule is O=C(Nc1cc([N+](=O)[O-])ccc1OC(=O)C(F)(F)C(F)(F)F)C(F)(F)C(F)(F)F. The van der Waals surface area contributed by atoms with Gasteiger partial charge in [0.05, 0.1) is 10.6 Å². The third-order valence-electron chi connectivity index (χ3n) is 2.88. The summed E-state index contributed by atoms with van der Waals surface area (Å²) in [5.41, 5.74) is -2.72. The van der Waals surface area contributed by atoms with Crippen molar-refractivity contribution in [2.45, 2.75) is 24.2 Å². The molecule has 0 aliphatic carbocycles. The van der Waals surface area contributed by atoms with Gasteiger partial charge >= 0.3 is 36.1 Å². The zero-order chi connectivity index (χ0) is 23.0. The van der Waals surface area contributed by atoms with Crippen LogP contribution in [0.15, 0.2) is 18.2 Å². The first-order valence-electron chi connectivity index (χ1n) is 6.53. The number of nitrogens with one attached hydrogen (secondary N) is 1. The first-order chi connectivity index (χ1) is 12.8. The van der Waals surface area contributed by atoms with E-state index < -0.39 is 58.1 Å². The van der Waals surface area contributed by atoms with Crippen molar-refractivity contribution in [2.24, 2.45) is 0 Å². The van der Waals surface area contributed by atoms with Crippen molar-refractivity contribution in [1.82, 2.24) is 0 Å². The molecule has 0 fully saturated rings. The Morgan fingerprint density at radius 2 is 1.38 bits per heavy atom. The van der Waals surface area contributed by atoms with Crippen molar-refractivity contribution in [1.29, 1.82) is 0 Å². The van der Waals surface area contributed by atoms with Crippen molar-refractivity contribution in [3.8, 4) is 5.75 Å². The molecule has 0 unspecified atom stereocenters. The highest BCUT2D eigenvalue weighted by Gasteiger charge is 2.65. The Labute approximate surface area is 151 Å². The maximum Gasteiger partial charge on any atom is 0.465 e. The normalized spacial score (nSPS) is 13.0. The number of esters is 1. The molecule has 1 amide bonds. The minimum absolute atomic E-state index is 0.0152. The third kappa shape index (κ3) is 4.83. The van der Waals surface area contributed by atoms with Gasteiger partial charge in [-0.1, -0.05) is 0 Å². The molecule has 7 nitrogen and oxygen atoms in total. The van der Waals surface area contributed by atoms with Gasteiger partial charge in [-0.05, 0) is 6.07 Å². The molecule has 1 rings (SSSR count). The highest BCUT2D eigenvalue weighted by atomic mass is 19.4. The van der Waals surface area contributed by atoms with Crippen molar-refractivity contribution >= 4 is 23.3 Å². The largest absolute Gasteiger partial charge is 0.465 e. The standard InChI is InChI=1S/C12H4F10N2O5/c13-9(14,11(17,18)19)7(25)23-5-3-4(24(27)28)1-2-6(5)29-8(26)10(15,16)12(20,21)22/h1-3H,(H,23,25). The molecule has 0 radical (unpaired) electrons. The highest BCUT2D eigenvalue weighted by molar-refractivity contribution is 5.98. The van der Waals surface area contributed by atoms with E-state index in [1.54, 1.807) is 0 Å². The predicted octanol–water partition coefficient (Wildman–Crippen LogP) is 3.83. The fourth-order valence-electron chi connectivity index (χ4n) is 1.43. The van der Waals surface area contributed by atoms with Crippen molar-refractivity contribution in [3.63, 3.8) is 0 Å². The van der Waals surface area contributed by atoms with E-state index in [4.69, 9.17) is 0 Å². The number of rotatable bonds is 5. The van der Waals surface area contributed by atoms with E-state index in [9.17, 15) is 63.6 Å². The first-order valence-corrected chi connectivity index (χ1v) is 6.53. The Balaban J connectivity index is 3.36. The number of benzene rings is 1. The number of hydrogen-bond acceptors (Lipinski definition) is 5. The Hall–Kier alpha value is -3.14. The van der Waals surface area contributed by atoms with E-state index in [1.165, 1.54) is 0 Å². The van der Waals surface area contributed by atoms with Crippen LogP contribution in [0.2, 0.25) is 0 Å². The van der Waals surface area contributed by atoms with Gasteiger partial charge in [0.15, 0.2) is 5.75 Å². The van der Waals surface area contributed by atoms with Crippen LogP contribution in [0.25, 0.3) is 0 Å². The molecule has 0 heterocycles. The molecule has 0 saturated heterocycles. The summed E-state index contributed by atoms with van der Waals surface area (Å²) in [6, 6.07) is 0.411. The summed E-state index contributed by atoms with van der Waals surface area (Å²) in [4.78, 5) is 31.5. The number of carbonyl (C=O) groups excluding carboxylic acids is 2. The number of alkyl halides is 10. The topological polar surface area (TPSA) is 98.5 Å². The monoisotopic (exact) mass is 446 g/mol. The number of non-ortho nitro benzene ring substituents is 1. The first kappa shape index (κ1) is 23.9. The lowest BCUT2D eigenvalue weighted by molar-refractivity contribution is -0.384. The average Bonchev–Trinajstić information content (AvgIpc) is 2.53. The van der Waals surface area contributed by atoms with Gasteiger partial charge < -0.3 is 10.1 Å². The Kier molecular flexibility index (Phi) is 6.06. The number of ether oxygens (including phenoxy) is 1. The van der Waals surface area contributed by atoms with Gasteiger partial charge in [-0.25, -0.2) is 4.79 Å². The zero-order valence-electron chi connectivity index (χ0n) is 13.0. The maximum atomic E-state index is 13.0. The summed E-state index contributed by atoms with van der Waals surface area (Å²) in [5.74, 6) is -20.4. The van der Waals surface area contributed by atoms with Crippen LogP contribution in [-0.4, -0.2) is 41.0 Å². The van der Waals surface area contributed by atoms with Crippen LogP contribution in [0.5, 0.6) is 5.75 Å². The van der Waals surface area contributed by atoms with Crippen LogP contribution in [0, 0.1) is 10.1 Å². The van der Waals surface area contributed by atoms with Crippen LogP contribution >= 0.6 is 0 Å². The Morgan fingerprint density at radius 1 is 0.897 bits per heavy atom. The van der Waals surface area contributed by atoms with E-state index in [-0.39, 0.29) is 12.1 Å². The van der Waals surface area contributed by atoms with Crippen molar-refractivity contribution in [3.05, 3.63) is 28.3 Å². The molecule has 17 heteroatoms. The number of anilines is 1. The van der Waals surface area contributed by atoms with Gasteiger partial charge in [-0.3, -0.25) is 14.9 Å². The zero-order valence-corrected chi connectivity index (χ0v) is 13.0. The fraction of sp³-hybridized carbons (Fsp3) is 0.333.